The molecule has 144 valence electrons. The number of aryl methyl sites for hydroxylation is 1. The molecule has 0 aliphatic carbocycles. The number of nitrogens with one attached hydrogen (secondary N) is 2. The second kappa shape index (κ2) is 7.21. The fourth-order valence-corrected chi connectivity index (χ4v) is 3.36. The molecule has 0 aliphatic heterocycles. The first-order valence-corrected chi connectivity index (χ1v) is 9.12. The maximum absolute atomic E-state index is 12.6. The van der Waals surface area contributed by atoms with Crippen molar-refractivity contribution >= 4 is 39.6 Å². The molecule has 0 aliphatic rings. The summed E-state index contributed by atoms with van der Waals surface area (Å²) in [5, 5.41) is 9.01. The molecule has 1 atom stereocenters. The minimum absolute atomic E-state index is 0.122. The molecule has 4 rings (SSSR count). The molecule has 0 unspecified atom stereocenters. The molecule has 2 N–H and O–H groups in total. The van der Waals surface area contributed by atoms with Gasteiger partial charge in [0.15, 0.2) is 5.65 Å². The highest BCUT2D eigenvalue weighted by Crippen LogP contribution is 2.29. The Bertz CT molecular complexity index is 1180. The molecule has 0 fully saturated rings. The van der Waals surface area contributed by atoms with Crippen molar-refractivity contribution in [3.05, 3.63) is 41.2 Å². The highest BCUT2D eigenvalue weighted by Gasteiger charge is 2.19. The second-order valence-electron chi connectivity index (χ2n) is 6.62. The molecule has 1 amide bonds. The number of benzene rings is 1. The van der Waals surface area contributed by atoms with Crippen LogP contribution in [0.25, 0.3) is 33.5 Å². The van der Waals surface area contributed by atoms with Crippen molar-refractivity contribution < 1.29 is 9.53 Å². The molecule has 0 saturated heterocycles. The van der Waals surface area contributed by atoms with Crippen molar-refractivity contribution in [1.29, 1.82) is 0 Å². The Morgan fingerprint density at radius 1 is 1.43 bits per heavy atom. The SMILES string of the molecule is COC[C@@H](C)NC(=O)c1c[nH]c2ncc(-c3nn(C)c4cc(Cl)ccc34)nc12. The van der Waals surface area contributed by atoms with Crippen LogP contribution in [0.1, 0.15) is 17.3 Å². The number of nitrogens with zero attached hydrogens (tertiary/aromatic N) is 4. The Hall–Kier alpha value is -2.97. The quantitative estimate of drug-likeness (QED) is 0.538. The number of halogens is 1. The van der Waals surface area contributed by atoms with Gasteiger partial charge in [-0.2, -0.15) is 5.10 Å². The van der Waals surface area contributed by atoms with Crippen molar-refractivity contribution in [2.45, 2.75) is 13.0 Å². The van der Waals surface area contributed by atoms with Crippen LogP contribution in [-0.2, 0) is 11.8 Å². The zero-order valence-corrected chi connectivity index (χ0v) is 16.4. The summed E-state index contributed by atoms with van der Waals surface area (Å²) in [6.45, 7) is 2.30. The van der Waals surface area contributed by atoms with Crippen molar-refractivity contribution in [2.24, 2.45) is 7.05 Å². The van der Waals surface area contributed by atoms with Gasteiger partial charge in [0.2, 0.25) is 0 Å². The number of rotatable bonds is 5. The molecule has 4 aromatic rings. The lowest BCUT2D eigenvalue weighted by atomic mass is 10.1. The van der Waals surface area contributed by atoms with Crippen LogP contribution in [0.5, 0.6) is 0 Å². The van der Waals surface area contributed by atoms with Gasteiger partial charge in [0.1, 0.15) is 16.9 Å². The number of ether oxygens (including phenoxy) is 1. The molecule has 8 nitrogen and oxygen atoms in total. The molecule has 3 aromatic heterocycles. The van der Waals surface area contributed by atoms with Gasteiger partial charge in [-0.1, -0.05) is 11.6 Å². The minimum atomic E-state index is -0.236. The maximum Gasteiger partial charge on any atom is 0.255 e. The number of fused-ring (bicyclic) bond motifs is 2. The van der Waals surface area contributed by atoms with Gasteiger partial charge < -0.3 is 15.0 Å². The third-order valence-corrected chi connectivity index (χ3v) is 4.71. The van der Waals surface area contributed by atoms with Gasteiger partial charge in [-0.15, -0.1) is 0 Å². The number of carbonyl (C=O) groups is 1. The molecule has 1 aromatic carbocycles. The number of methoxy groups -OCH3 is 1. The van der Waals surface area contributed by atoms with E-state index in [1.807, 2.05) is 32.2 Å². The topological polar surface area (TPSA) is 97.7 Å². The monoisotopic (exact) mass is 398 g/mol. The molecule has 0 radical (unpaired) electrons. The molecule has 0 saturated carbocycles. The zero-order valence-electron chi connectivity index (χ0n) is 15.7. The van der Waals surface area contributed by atoms with Crippen LogP contribution in [-0.4, -0.2) is 50.4 Å². The van der Waals surface area contributed by atoms with E-state index in [9.17, 15) is 4.79 Å². The van der Waals surface area contributed by atoms with E-state index in [0.717, 1.165) is 10.9 Å². The first-order chi connectivity index (χ1) is 13.5. The van der Waals surface area contributed by atoms with Crippen molar-refractivity contribution in [3.63, 3.8) is 0 Å². The van der Waals surface area contributed by atoms with Gasteiger partial charge in [-0.05, 0) is 25.1 Å². The van der Waals surface area contributed by atoms with Crippen molar-refractivity contribution in [3.8, 4) is 11.4 Å². The summed E-state index contributed by atoms with van der Waals surface area (Å²) in [5.74, 6) is -0.236. The fraction of sp³-hybridized carbons (Fsp3) is 0.263. The van der Waals surface area contributed by atoms with Gasteiger partial charge in [0.25, 0.3) is 5.91 Å². The molecular weight excluding hydrogens is 380 g/mol. The predicted octanol–water partition coefficient (Wildman–Crippen LogP) is 2.93. The Kier molecular flexibility index (Phi) is 4.74. The van der Waals surface area contributed by atoms with Gasteiger partial charge in [-0.25, -0.2) is 9.97 Å². The first kappa shape index (κ1) is 18.4. The highest BCUT2D eigenvalue weighted by atomic mass is 35.5. The van der Waals surface area contributed by atoms with E-state index >= 15 is 0 Å². The van der Waals surface area contributed by atoms with Crippen LogP contribution in [0, 0.1) is 0 Å². The number of H-pyrrole nitrogens is 1. The van der Waals surface area contributed by atoms with Crippen LogP contribution in [0.4, 0.5) is 0 Å². The molecule has 9 heteroatoms. The van der Waals surface area contributed by atoms with Crippen LogP contribution >= 0.6 is 11.6 Å². The summed E-state index contributed by atoms with van der Waals surface area (Å²) in [4.78, 5) is 24.7. The summed E-state index contributed by atoms with van der Waals surface area (Å²) in [6.07, 6.45) is 3.25. The van der Waals surface area contributed by atoms with Crippen molar-refractivity contribution in [2.75, 3.05) is 13.7 Å². The smallest absolute Gasteiger partial charge is 0.255 e. The molecule has 3 heterocycles. The Labute approximate surface area is 165 Å². The molecule has 0 spiro atoms. The summed E-state index contributed by atoms with van der Waals surface area (Å²) in [5.41, 5.74) is 3.62. The van der Waals surface area contributed by atoms with E-state index < -0.39 is 0 Å². The minimum Gasteiger partial charge on any atom is -0.383 e. The third-order valence-electron chi connectivity index (χ3n) is 4.48. The number of carbonyl (C=O) groups excluding carboxylic acids is 1. The van der Waals surface area contributed by atoms with E-state index in [4.69, 9.17) is 16.3 Å². The number of hydrogen-bond acceptors (Lipinski definition) is 5. The number of amides is 1. The van der Waals surface area contributed by atoms with Gasteiger partial charge in [0, 0.05) is 36.8 Å². The third kappa shape index (κ3) is 3.21. The standard InChI is InChI=1S/C19H19ClN6O2/c1-10(9-28-3)23-19(27)13-7-21-18-17(13)24-14(8-22-18)16-12-5-4-11(20)6-15(12)26(2)25-16/h4-8,10H,9H2,1-3H3,(H,21,22)(H,23,27)/t10-/m1/s1. The average molecular weight is 399 g/mol. The molecule has 0 bridgehead atoms. The summed E-state index contributed by atoms with van der Waals surface area (Å²) < 4.78 is 6.82. The lowest BCUT2D eigenvalue weighted by Crippen LogP contribution is -2.35. The van der Waals surface area contributed by atoms with Crippen molar-refractivity contribution in [1.82, 2.24) is 30.0 Å². The summed E-state index contributed by atoms with van der Waals surface area (Å²) in [6, 6.07) is 5.45. The van der Waals surface area contributed by atoms with Gasteiger partial charge in [0.05, 0.1) is 23.9 Å². The lowest BCUT2D eigenvalue weighted by molar-refractivity contribution is 0.0907. The largest absolute Gasteiger partial charge is 0.383 e. The number of aromatic amines is 1. The predicted molar refractivity (Wildman–Crippen MR) is 107 cm³/mol. The lowest BCUT2D eigenvalue weighted by Gasteiger charge is -2.11. The van der Waals surface area contributed by atoms with Crippen LogP contribution in [0.15, 0.2) is 30.6 Å². The summed E-state index contributed by atoms with van der Waals surface area (Å²) >= 11 is 6.10. The van der Waals surface area contributed by atoms with Crippen LogP contribution < -0.4 is 5.32 Å². The van der Waals surface area contributed by atoms with Crippen LogP contribution in [0.3, 0.4) is 0 Å². The zero-order chi connectivity index (χ0) is 19.8. The fourth-order valence-electron chi connectivity index (χ4n) is 3.19. The van der Waals surface area contributed by atoms with Gasteiger partial charge >= 0.3 is 0 Å². The van der Waals surface area contributed by atoms with E-state index in [-0.39, 0.29) is 11.9 Å². The normalized spacial score (nSPS) is 12.6. The van der Waals surface area contributed by atoms with Gasteiger partial charge in [-0.3, -0.25) is 9.48 Å². The van der Waals surface area contributed by atoms with E-state index in [1.54, 1.807) is 24.2 Å². The van der Waals surface area contributed by atoms with E-state index in [1.165, 1.54) is 0 Å². The number of aromatic nitrogens is 5. The first-order valence-electron chi connectivity index (χ1n) is 8.74. The molecular formula is C19H19ClN6O2. The van der Waals surface area contributed by atoms with E-state index in [2.05, 4.69) is 25.4 Å². The van der Waals surface area contributed by atoms with Crippen LogP contribution in [0.2, 0.25) is 5.02 Å². The maximum atomic E-state index is 12.6. The number of hydrogen-bond donors (Lipinski definition) is 2. The van der Waals surface area contributed by atoms with E-state index in [0.29, 0.717) is 39.7 Å². The summed E-state index contributed by atoms with van der Waals surface area (Å²) in [7, 11) is 3.44. The second-order valence-corrected chi connectivity index (χ2v) is 7.05. The Morgan fingerprint density at radius 2 is 2.25 bits per heavy atom. The molecule has 28 heavy (non-hydrogen) atoms. The Morgan fingerprint density at radius 3 is 3.04 bits per heavy atom. The average Bonchev–Trinajstić information content (AvgIpc) is 3.22. The Balaban J connectivity index is 1.77. The highest BCUT2D eigenvalue weighted by molar-refractivity contribution is 6.31.